The van der Waals surface area contributed by atoms with E-state index in [0.717, 1.165) is 18.2 Å². The average Bonchev–Trinajstić information content (AvgIpc) is 3.01. The van der Waals surface area contributed by atoms with Gasteiger partial charge < -0.3 is 5.32 Å². The van der Waals surface area contributed by atoms with Crippen molar-refractivity contribution in [1.29, 1.82) is 0 Å². The molecule has 1 aliphatic carbocycles. The Bertz CT molecular complexity index is 335. The first kappa shape index (κ1) is 10.3. The molecule has 1 aromatic rings. The fraction of sp³-hybridized carbons (Fsp3) is 0.833. The number of rotatable bonds is 2. The lowest BCUT2D eigenvalue weighted by molar-refractivity contribution is 0.429. The van der Waals surface area contributed by atoms with E-state index in [2.05, 4.69) is 20.5 Å². The molecule has 0 radical (unpaired) electrons. The van der Waals surface area contributed by atoms with E-state index in [1.165, 1.54) is 44.9 Å². The summed E-state index contributed by atoms with van der Waals surface area (Å²) in [5.74, 6) is 2.72. The first-order valence-electron chi connectivity index (χ1n) is 6.59. The van der Waals surface area contributed by atoms with Gasteiger partial charge in [-0.25, -0.2) is 4.98 Å². The summed E-state index contributed by atoms with van der Waals surface area (Å²) in [6.07, 6.45) is 9.07. The zero-order valence-corrected chi connectivity index (χ0v) is 9.71. The van der Waals surface area contributed by atoms with E-state index in [0.29, 0.717) is 12.0 Å². The molecule has 16 heavy (non-hydrogen) atoms. The molecule has 0 aromatic carbocycles. The molecule has 4 heteroatoms. The first-order valence-corrected chi connectivity index (χ1v) is 6.59. The number of nitrogens with zero attached hydrogens (tertiary/aromatic N) is 2. The maximum Gasteiger partial charge on any atom is 0.153 e. The molecule has 4 nitrogen and oxygen atoms in total. The van der Waals surface area contributed by atoms with Crippen LogP contribution in [0.25, 0.3) is 0 Å². The molecule has 1 saturated carbocycles. The van der Waals surface area contributed by atoms with Gasteiger partial charge in [-0.2, -0.15) is 5.10 Å². The SMILES string of the molecule is C1CCC(c2n[nH]c([C@H]3CCCN3)n2)CC1. The van der Waals surface area contributed by atoms with Gasteiger partial charge in [0.15, 0.2) is 5.82 Å². The Morgan fingerprint density at radius 3 is 2.62 bits per heavy atom. The fourth-order valence-electron chi connectivity index (χ4n) is 2.91. The van der Waals surface area contributed by atoms with Crippen LogP contribution in [-0.4, -0.2) is 21.7 Å². The third kappa shape index (κ3) is 1.98. The molecule has 2 fully saturated rings. The lowest BCUT2D eigenvalue weighted by atomic mass is 9.89. The molecule has 1 saturated heterocycles. The topological polar surface area (TPSA) is 53.6 Å². The van der Waals surface area contributed by atoms with Gasteiger partial charge in [0.25, 0.3) is 0 Å². The van der Waals surface area contributed by atoms with Crippen LogP contribution in [0, 0.1) is 0 Å². The van der Waals surface area contributed by atoms with Crippen LogP contribution >= 0.6 is 0 Å². The summed E-state index contributed by atoms with van der Waals surface area (Å²) in [4.78, 5) is 4.69. The molecule has 1 atom stereocenters. The molecule has 2 heterocycles. The van der Waals surface area contributed by atoms with Crippen molar-refractivity contribution in [3.05, 3.63) is 11.6 Å². The second-order valence-corrected chi connectivity index (χ2v) is 5.06. The van der Waals surface area contributed by atoms with Gasteiger partial charge in [0, 0.05) is 5.92 Å². The van der Waals surface area contributed by atoms with Crippen molar-refractivity contribution < 1.29 is 0 Å². The Morgan fingerprint density at radius 2 is 1.88 bits per heavy atom. The molecule has 1 aromatic heterocycles. The minimum absolute atomic E-state index is 0.421. The summed E-state index contributed by atoms with van der Waals surface area (Å²) >= 11 is 0. The predicted molar refractivity (Wildman–Crippen MR) is 62.2 cm³/mol. The summed E-state index contributed by atoms with van der Waals surface area (Å²) in [5, 5.41) is 11.0. The number of hydrogen-bond acceptors (Lipinski definition) is 3. The summed E-state index contributed by atoms with van der Waals surface area (Å²) < 4.78 is 0. The van der Waals surface area contributed by atoms with Crippen molar-refractivity contribution in [3.8, 4) is 0 Å². The van der Waals surface area contributed by atoms with Crippen LogP contribution < -0.4 is 5.32 Å². The van der Waals surface area contributed by atoms with Gasteiger partial charge in [0.05, 0.1) is 6.04 Å². The van der Waals surface area contributed by atoms with Gasteiger partial charge in [-0.15, -0.1) is 0 Å². The normalized spacial score (nSPS) is 27.4. The highest BCUT2D eigenvalue weighted by Crippen LogP contribution is 2.31. The lowest BCUT2D eigenvalue weighted by Gasteiger charge is -2.18. The van der Waals surface area contributed by atoms with Gasteiger partial charge in [0.1, 0.15) is 5.82 Å². The number of aromatic amines is 1. The van der Waals surface area contributed by atoms with Crippen molar-refractivity contribution in [3.63, 3.8) is 0 Å². The molecule has 0 amide bonds. The summed E-state index contributed by atoms with van der Waals surface area (Å²) in [7, 11) is 0. The van der Waals surface area contributed by atoms with E-state index < -0.39 is 0 Å². The van der Waals surface area contributed by atoms with E-state index >= 15 is 0 Å². The van der Waals surface area contributed by atoms with E-state index in [-0.39, 0.29) is 0 Å². The van der Waals surface area contributed by atoms with Crippen LogP contribution in [-0.2, 0) is 0 Å². The molecule has 2 aliphatic rings. The molecule has 0 unspecified atom stereocenters. The predicted octanol–water partition coefficient (Wildman–Crippen LogP) is 2.28. The minimum Gasteiger partial charge on any atom is -0.307 e. The van der Waals surface area contributed by atoms with Crippen LogP contribution in [0.4, 0.5) is 0 Å². The zero-order valence-electron chi connectivity index (χ0n) is 9.71. The van der Waals surface area contributed by atoms with Crippen molar-refractivity contribution >= 4 is 0 Å². The molecular formula is C12H20N4. The quantitative estimate of drug-likeness (QED) is 0.804. The molecule has 0 spiro atoms. The second kappa shape index (κ2) is 4.53. The van der Waals surface area contributed by atoms with Gasteiger partial charge in [-0.05, 0) is 32.2 Å². The highest BCUT2D eigenvalue weighted by Gasteiger charge is 2.23. The monoisotopic (exact) mass is 220 g/mol. The van der Waals surface area contributed by atoms with E-state index in [1.807, 2.05) is 0 Å². The Balaban J connectivity index is 1.71. The first-order chi connectivity index (χ1) is 7.93. The van der Waals surface area contributed by atoms with Crippen LogP contribution in [0.3, 0.4) is 0 Å². The number of H-pyrrole nitrogens is 1. The van der Waals surface area contributed by atoms with E-state index in [1.54, 1.807) is 0 Å². The molecule has 3 rings (SSSR count). The maximum absolute atomic E-state index is 4.69. The van der Waals surface area contributed by atoms with Crippen LogP contribution in [0.2, 0.25) is 0 Å². The Labute approximate surface area is 96.2 Å². The summed E-state index contributed by atoms with van der Waals surface area (Å²) in [6.45, 7) is 1.12. The minimum atomic E-state index is 0.421. The second-order valence-electron chi connectivity index (χ2n) is 5.06. The number of hydrogen-bond donors (Lipinski definition) is 2. The van der Waals surface area contributed by atoms with Crippen LogP contribution in [0.5, 0.6) is 0 Å². The molecular weight excluding hydrogens is 200 g/mol. The molecule has 1 aliphatic heterocycles. The van der Waals surface area contributed by atoms with Gasteiger partial charge >= 0.3 is 0 Å². The largest absolute Gasteiger partial charge is 0.307 e. The van der Waals surface area contributed by atoms with Gasteiger partial charge in [-0.3, -0.25) is 5.10 Å². The summed E-state index contributed by atoms with van der Waals surface area (Å²) in [5.41, 5.74) is 0. The van der Waals surface area contributed by atoms with Gasteiger partial charge in [-0.1, -0.05) is 19.3 Å². The van der Waals surface area contributed by atoms with Crippen LogP contribution in [0.1, 0.15) is 68.6 Å². The van der Waals surface area contributed by atoms with Gasteiger partial charge in [0.2, 0.25) is 0 Å². The molecule has 88 valence electrons. The zero-order chi connectivity index (χ0) is 10.8. The van der Waals surface area contributed by atoms with E-state index in [4.69, 9.17) is 0 Å². The highest BCUT2D eigenvalue weighted by atomic mass is 15.2. The third-order valence-electron chi connectivity index (χ3n) is 3.88. The fourth-order valence-corrected chi connectivity index (χ4v) is 2.91. The Hall–Kier alpha value is -0.900. The number of aromatic nitrogens is 3. The van der Waals surface area contributed by atoms with E-state index in [9.17, 15) is 0 Å². The summed E-state index contributed by atoms with van der Waals surface area (Å²) in [6, 6.07) is 0.421. The Kier molecular flexibility index (Phi) is 2.91. The smallest absolute Gasteiger partial charge is 0.153 e. The highest BCUT2D eigenvalue weighted by molar-refractivity contribution is 5.03. The van der Waals surface area contributed by atoms with Crippen molar-refractivity contribution in [2.45, 2.75) is 56.9 Å². The van der Waals surface area contributed by atoms with Crippen molar-refractivity contribution in [2.75, 3.05) is 6.54 Å². The standard InChI is InChI=1S/C12H20N4/c1-2-5-9(6-3-1)11-14-12(16-15-11)10-7-4-8-13-10/h9-10,13H,1-8H2,(H,14,15,16)/t10-/m1/s1. The average molecular weight is 220 g/mol. The lowest BCUT2D eigenvalue weighted by Crippen LogP contribution is -2.14. The van der Waals surface area contributed by atoms with Crippen molar-refractivity contribution in [1.82, 2.24) is 20.5 Å². The van der Waals surface area contributed by atoms with Crippen molar-refractivity contribution in [2.24, 2.45) is 0 Å². The molecule has 0 bridgehead atoms. The van der Waals surface area contributed by atoms with Crippen LogP contribution in [0.15, 0.2) is 0 Å². The third-order valence-corrected chi connectivity index (χ3v) is 3.88. The Morgan fingerprint density at radius 1 is 1.00 bits per heavy atom. The molecule has 2 N–H and O–H groups in total. The number of nitrogens with one attached hydrogen (secondary N) is 2. The maximum atomic E-state index is 4.69.